The van der Waals surface area contributed by atoms with Crippen LogP contribution < -0.4 is 4.74 Å². The second-order valence-electron chi connectivity index (χ2n) is 5.24. The van der Waals surface area contributed by atoms with Crippen molar-refractivity contribution in [3.05, 3.63) is 66.0 Å². The van der Waals surface area contributed by atoms with E-state index in [9.17, 15) is 9.59 Å². The summed E-state index contributed by atoms with van der Waals surface area (Å²) in [7, 11) is 3.06. The molecule has 0 atom stereocenters. The van der Waals surface area contributed by atoms with Crippen LogP contribution in [-0.2, 0) is 9.53 Å². The highest BCUT2D eigenvalue weighted by Gasteiger charge is 2.10. The van der Waals surface area contributed by atoms with Gasteiger partial charge in [-0.2, -0.15) is 0 Å². The van der Waals surface area contributed by atoms with Crippen molar-refractivity contribution in [3.63, 3.8) is 0 Å². The smallest absolute Gasteiger partial charge is 0.330 e. The predicted octanol–water partition coefficient (Wildman–Crippen LogP) is 2.42. The van der Waals surface area contributed by atoms with Gasteiger partial charge in [-0.05, 0) is 35.9 Å². The molecule has 0 unspecified atom stereocenters. The van der Waals surface area contributed by atoms with E-state index in [1.54, 1.807) is 42.6 Å². The number of esters is 1. The molecule has 1 amide bonds. The molecule has 1 heterocycles. The van der Waals surface area contributed by atoms with Crippen LogP contribution in [0.4, 0.5) is 0 Å². The van der Waals surface area contributed by atoms with Gasteiger partial charge in [0.2, 0.25) is 0 Å². The van der Waals surface area contributed by atoms with Crippen molar-refractivity contribution in [1.29, 1.82) is 0 Å². The van der Waals surface area contributed by atoms with Gasteiger partial charge in [0.05, 0.1) is 13.7 Å². The number of amides is 1. The number of carbonyl (C=O) groups excluding carboxylic acids is 2. The Hall–Kier alpha value is -3.15. The number of ether oxygens (including phenoxy) is 2. The molecule has 0 aliphatic heterocycles. The van der Waals surface area contributed by atoms with Gasteiger partial charge in [0.15, 0.2) is 0 Å². The van der Waals surface area contributed by atoms with Gasteiger partial charge in [-0.3, -0.25) is 9.78 Å². The van der Waals surface area contributed by atoms with E-state index in [4.69, 9.17) is 4.74 Å². The third-order valence-corrected chi connectivity index (χ3v) is 3.46. The summed E-state index contributed by atoms with van der Waals surface area (Å²) < 4.78 is 10.2. The van der Waals surface area contributed by atoms with Gasteiger partial charge in [-0.1, -0.05) is 12.1 Å². The largest absolute Gasteiger partial charge is 0.492 e. The van der Waals surface area contributed by atoms with Crippen LogP contribution in [0.3, 0.4) is 0 Å². The molecule has 0 aliphatic carbocycles. The van der Waals surface area contributed by atoms with Gasteiger partial charge in [0.1, 0.15) is 12.4 Å². The topological polar surface area (TPSA) is 68.7 Å². The fraction of sp³-hybridized carbons (Fsp3) is 0.211. The van der Waals surface area contributed by atoms with E-state index in [1.807, 2.05) is 24.3 Å². The Balaban J connectivity index is 1.80. The third kappa shape index (κ3) is 5.76. The highest BCUT2D eigenvalue weighted by atomic mass is 16.5. The minimum absolute atomic E-state index is 0.0747. The van der Waals surface area contributed by atoms with Crippen LogP contribution >= 0.6 is 0 Å². The molecule has 6 heteroatoms. The summed E-state index contributed by atoms with van der Waals surface area (Å²) in [5.74, 6) is 0.219. The number of likely N-dealkylation sites (N-methyl/N-ethyl adjacent to an activating group) is 1. The third-order valence-electron chi connectivity index (χ3n) is 3.46. The first-order valence-corrected chi connectivity index (χ1v) is 7.74. The van der Waals surface area contributed by atoms with Crippen LogP contribution in [0, 0.1) is 0 Å². The zero-order chi connectivity index (χ0) is 18.1. The van der Waals surface area contributed by atoms with Gasteiger partial charge < -0.3 is 14.4 Å². The molecular formula is C19H20N2O4. The van der Waals surface area contributed by atoms with Crippen LogP contribution in [-0.4, -0.2) is 49.1 Å². The Morgan fingerprint density at radius 2 is 1.80 bits per heavy atom. The van der Waals surface area contributed by atoms with Crippen molar-refractivity contribution in [2.24, 2.45) is 0 Å². The molecule has 0 aliphatic rings. The van der Waals surface area contributed by atoms with Gasteiger partial charge in [0.25, 0.3) is 5.91 Å². The minimum Gasteiger partial charge on any atom is -0.492 e. The lowest BCUT2D eigenvalue weighted by atomic mass is 10.2. The van der Waals surface area contributed by atoms with Crippen LogP contribution in [0.25, 0.3) is 6.08 Å². The zero-order valence-electron chi connectivity index (χ0n) is 14.2. The van der Waals surface area contributed by atoms with E-state index in [-0.39, 0.29) is 5.91 Å². The highest BCUT2D eigenvalue weighted by molar-refractivity contribution is 5.93. The van der Waals surface area contributed by atoms with Gasteiger partial charge in [-0.15, -0.1) is 0 Å². The molecule has 0 N–H and O–H groups in total. The maximum atomic E-state index is 12.2. The fourth-order valence-corrected chi connectivity index (χ4v) is 2.02. The first-order valence-electron chi connectivity index (χ1n) is 7.74. The molecule has 1 aromatic carbocycles. The van der Waals surface area contributed by atoms with Crippen molar-refractivity contribution in [2.75, 3.05) is 27.3 Å². The Morgan fingerprint density at radius 3 is 2.44 bits per heavy atom. The highest BCUT2D eigenvalue weighted by Crippen LogP contribution is 2.13. The molecule has 6 nitrogen and oxygen atoms in total. The van der Waals surface area contributed by atoms with Crippen molar-refractivity contribution in [2.45, 2.75) is 0 Å². The standard InChI is InChI=1S/C19H20N2O4/c1-21(19(23)16-9-11-20-12-10-16)13-14-25-17-6-3-15(4-7-17)5-8-18(22)24-2/h3-12H,13-14H2,1-2H3/b8-5+. The van der Waals surface area contributed by atoms with Crippen molar-refractivity contribution < 1.29 is 19.1 Å². The Bertz CT molecular complexity index is 727. The number of benzene rings is 1. The summed E-state index contributed by atoms with van der Waals surface area (Å²) in [6.07, 6.45) is 6.20. The van der Waals surface area contributed by atoms with E-state index in [1.165, 1.54) is 13.2 Å². The van der Waals surface area contributed by atoms with E-state index >= 15 is 0 Å². The number of carbonyl (C=O) groups is 2. The SMILES string of the molecule is COC(=O)/C=C/c1ccc(OCCN(C)C(=O)c2ccncc2)cc1. The number of pyridine rings is 1. The second-order valence-corrected chi connectivity index (χ2v) is 5.24. The first kappa shape index (κ1) is 18.2. The van der Waals surface area contributed by atoms with Gasteiger partial charge in [-0.25, -0.2) is 4.79 Å². The van der Waals surface area contributed by atoms with Crippen molar-refractivity contribution >= 4 is 18.0 Å². The number of hydrogen-bond donors (Lipinski definition) is 0. The normalized spacial score (nSPS) is 10.5. The van der Waals surface area contributed by atoms with Crippen LogP contribution in [0.1, 0.15) is 15.9 Å². The Kier molecular flexibility index (Phi) is 6.71. The summed E-state index contributed by atoms with van der Waals surface area (Å²) in [5.41, 5.74) is 1.46. The number of nitrogens with zero attached hydrogens (tertiary/aromatic N) is 2. The predicted molar refractivity (Wildman–Crippen MR) is 94.2 cm³/mol. The molecular weight excluding hydrogens is 320 g/mol. The van der Waals surface area contributed by atoms with E-state index in [2.05, 4.69) is 9.72 Å². The van der Waals surface area contributed by atoms with Gasteiger partial charge in [0, 0.05) is 31.1 Å². The Morgan fingerprint density at radius 1 is 1.12 bits per heavy atom. The molecule has 2 rings (SSSR count). The molecule has 0 fully saturated rings. The summed E-state index contributed by atoms with van der Waals surface area (Å²) in [4.78, 5) is 28.7. The van der Waals surface area contributed by atoms with Gasteiger partial charge >= 0.3 is 5.97 Å². The maximum absolute atomic E-state index is 12.2. The molecule has 0 spiro atoms. The molecule has 1 aromatic heterocycles. The van der Waals surface area contributed by atoms with E-state index < -0.39 is 5.97 Å². The quantitative estimate of drug-likeness (QED) is 0.572. The average molecular weight is 340 g/mol. The fourth-order valence-electron chi connectivity index (χ4n) is 2.02. The summed E-state index contributed by atoms with van der Waals surface area (Å²) >= 11 is 0. The summed E-state index contributed by atoms with van der Waals surface area (Å²) in [6, 6.07) is 10.6. The van der Waals surface area contributed by atoms with Crippen LogP contribution in [0.15, 0.2) is 54.9 Å². The van der Waals surface area contributed by atoms with Crippen molar-refractivity contribution in [3.8, 4) is 5.75 Å². The van der Waals surface area contributed by atoms with E-state index in [0.717, 1.165) is 5.56 Å². The van der Waals surface area contributed by atoms with Crippen LogP contribution in [0.5, 0.6) is 5.75 Å². The number of aromatic nitrogens is 1. The summed E-state index contributed by atoms with van der Waals surface area (Å²) in [6.45, 7) is 0.843. The molecule has 25 heavy (non-hydrogen) atoms. The molecule has 130 valence electrons. The molecule has 0 saturated heterocycles. The number of hydrogen-bond acceptors (Lipinski definition) is 5. The number of methoxy groups -OCH3 is 1. The lowest BCUT2D eigenvalue weighted by molar-refractivity contribution is -0.134. The van der Waals surface area contributed by atoms with Crippen LogP contribution in [0.2, 0.25) is 0 Å². The molecule has 0 saturated carbocycles. The minimum atomic E-state index is -0.401. The maximum Gasteiger partial charge on any atom is 0.330 e. The average Bonchev–Trinajstić information content (AvgIpc) is 2.67. The lowest BCUT2D eigenvalue weighted by Crippen LogP contribution is -2.30. The summed E-state index contributed by atoms with van der Waals surface area (Å²) in [5, 5.41) is 0. The monoisotopic (exact) mass is 340 g/mol. The second kappa shape index (κ2) is 9.22. The number of rotatable bonds is 7. The first-order chi connectivity index (χ1) is 12.1. The molecule has 2 aromatic rings. The molecule has 0 bridgehead atoms. The Labute approximate surface area is 146 Å². The van der Waals surface area contributed by atoms with E-state index in [0.29, 0.717) is 24.5 Å². The lowest BCUT2D eigenvalue weighted by Gasteiger charge is -2.17. The zero-order valence-corrected chi connectivity index (χ0v) is 14.2. The van der Waals surface area contributed by atoms with Crippen molar-refractivity contribution in [1.82, 2.24) is 9.88 Å². The molecule has 0 radical (unpaired) electrons.